The first kappa shape index (κ1) is 12.4. The van der Waals surface area contributed by atoms with Crippen molar-refractivity contribution in [3.63, 3.8) is 0 Å². The second kappa shape index (κ2) is 4.65. The molecule has 0 aliphatic carbocycles. The second-order valence-corrected chi connectivity index (χ2v) is 5.45. The Hall–Kier alpha value is -2.09. The van der Waals surface area contributed by atoms with Crippen molar-refractivity contribution in [2.45, 2.75) is 5.03 Å². The third-order valence-corrected chi connectivity index (χ3v) is 3.51. The molecule has 0 amide bonds. The lowest BCUT2D eigenvalue weighted by Gasteiger charge is -2.16. The van der Waals surface area contributed by atoms with Gasteiger partial charge in [-0.15, -0.1) is 0 Å². The molecule has 0 radical (unpaired) electrons. The molecule has 0 saturated heterocycles. The number of aromatic nitrogens is 3. The minimum absolute atomic E-state index is 0.0102. The Bertz CT molecular complexity index is 621. The number of aromatic amines is 1. The van der Waals surface area contributed by atoms with Crippen LogP contribution in [-0.4, -0.2) is 37.7 Å². The largest absolute Gasteiger partial charge is 0.361 e. The van der Waals surface area contributed by atoms with Gasteiger partial charge in [0.25, 0.3) is 10.0 Å². The molecule has 0 fully saturated rings. The average Bonchev–Trinajstić information content (AvgIpc) is 2.83. The fourth-order valence-corrected chi connectivity index (χ4v) is 2.40. The maximum absolute atomic E-state index is 12.0. The first-order chi connectivity index (χ1) is 8.50. The highest BCUT2D eigenvalue weighted by Gasteiger charge is 2.18. The monoisotopic (exact) mass is 267 g/mol. The van der Waals surface area contributed by atoms with Gasteiger partial charge in [0.1, 0.15) is 0 Å². The van der Waals surface area contributed by atoms with E-state index in [1.807, 2.05) is 0 Å². The van der Waals surface area contributed by atoms with Crippen LogP contribution in [0.2, 0.25) is 0 Å². The van der Waals surface area contributed by atoms with Crippen molar-refractivity contribution in [2.24, 2.45) is 0 Å². The number of hydrogen-bond acceptors (Lipinski definition) is 5. The van der Waals surface area contributed by atoms with E-state index in [1.54, 1.807) is 37.3 Å². The van der Waals surface area contributed by atoms with Gasteiger partial charge in [0.15, 0.2) is 10.8 Å². The van der Waals surface area contributed by atoms with Gasteiger partial charge in [-0.2, -0.15) is 13.5 Å². The predicted molar refractivity (Wildman–Crippen MR) is 68.0 cm³/mol. The summed E-state index contributed by atoms with van der Waals surface area (Å²) in [6.07, 6.45) is 2.98. The fraction of sp³-hybridized carbons (Fsp3) is 0.200. The lowest BCUT2D eigenvalue weighted by molar-refractivity contribution is 0.597. The van der Waals surface area contributed by atoms with E-state index in [4.69, 9.17) is 0 Å². The number of pyridine rings is 1. The highest BCUT2D eigenvalue weighted by atomic mass is 32.2. The van der Waals surface area contributed by atoms with E-state index in [1.165, 1.54) is 12.3 Å². The van der Waals surface area contributed by atoms with E-state index in [0.29, 0.717) is 11.5 Å². The van der Waals surface area contributed by atoms with Crippen molar-refractivity contribution in [3.8, 4) is 0 Å². The number of rotatable bonds is 4. The zero-order valence-corrected chi connectivity index (χ0v) is 10.8. The average molecular weight is 267 g/mol. The summed E-state index contributed by atoms with van der Waals surface area (Å²) in [5.74, 6) is 0.542. The van der Waals surface area contributed by atoms with Crippen LogP contribution in [0.25, 0.3) is 0 Å². The molecule has 2 aromatic heterocycles. The van der Waals surface area contributed by atoms with Gasteiger partial charge in [0.2, 0.25) is 0 Å². The Morgan fingerprint density at radius 2 is 2.06 bits per heavy atom. The van der Waals surface area contributed by atoms with Crippen LogP contribution in [0.4, 0.5) is 11.5 Å². The summed E-state index contributed by atoms with van der Waals surface area (Å²) in [5, 5.41) is 6.04. The summed E-state index contributed by atoms with van der Waals surface area (Å²) in [5.41, 5.74) is 0.414. The van der Waals surface area contributed by atoms with Crippen molar-refractivity contribution in [2.75, 3.05) is 23.7 Å². The van der Waals surface area contributed by atoms with Crippen molar-refractivity contribution in [1.82, 2.24) is 15.2 Å². The Morgan fingerprint density at radius 1 is 1.28 bits per heavy atom. The van der Waals surface area contributed by atoms with Crippen LogP contribution in [-0.2, 0) is 10.0 Å². The van der Waals surface area contributed by atoms with Gasteiger partial charge in [-0.3, -0.25) is 9.82 Å². The molecular weight excluding hydrogens is 254 g/mol. The molecule has 0 atom stereocenters. The van der Waals surface area contributed by atoms with Gasteiger partial charge >= 0.3 is 0 Å². The summed E-state index contributed by atoms with van der Waals surface area (Å²) >= 11 is 0. The van der Waals surface area contributed by atoms with Gasteiger partial charge in [-0.05, 0) is 18.2 Å². The topological polar surface area (TPSA) is 91.0 Å². The van der Waals surface area contributed by atoms with E-state index in [2.05, 4.69) is 19.9 Å². The zero-order chi connectivity index (χ0) is 13.2. The smallest absolute Gasteiger partial charge is 0.278 e. The summed E-state index contributed by atoms with van der Waals surface area (Å²) in [7, 11) is -0.0847. The fourth-order valence-electron chi connectivity index (χ4n) is 1.43. The number of H-pyrrole nitrogens is 1. The Labute approximate surface area is 105 Å². The maximum Gasteiger partial charge on any atom is 0.278 e. The third-order valence-electron chi connectivity index (χ3n) is 2.22. The predicted octanol–water partition coefficient (Wildman–Crippen LogP) is 0.671. The molecular formula is C10H13N5O2S. The van der Waals surface area contributed by atoms with E-state index >= 15 is 0 Å². The lowest BCUT2D eigenvalue weighted by Crippen LogP contribution is -2.18. The number of anilines is 2. The molecule has 0 unspecified atom stereocenters. The van der Waals surface area contributed by atoms with Gasteiger partial charge in [0, 0.05) is 20.3 Å². The number of nitrogens with one attached hydrogen (secondary N) is 2. The number of sulfonamides is 1. The third kappa shape index (κ3) is 2.43. The molecule has 8 heteroatoms. The standard InChI is InChI=1S/C10H13N5O2S/c1-15(2)10-8(4-3-6-11-10)14-18(16,17)9-5-7-12-13-9/h3-7,14H,1-2H3,(H,12,13). The van der Waals surface area contributed by atoms with Crippen LogP contribution < -0.4 is 9.62 Å². The van der Waals surface area contributed by atoms with Crippen molar-refractivity contribution in [1.29, 1.82) is 0 Å². The molecule has 0 bridgehead atoms. The van der Waals surface area contributed by atoms with Crippen molar-refractivity contribution in [3.05, 3.63) is 30.6 Å². The summed E-state index contributed by atoms with van der Waals surface area (Å²) in [6, 6.07) is 4.70. The molecule has 0 saturated carbocycles. The molecule has 2 rings (SSSR count). The molecule has 7 nitrogen and oxygen atoms in total. The molecule has 0 aromatic carbocycles. The molecule has 0 aliphatic rings. The minimum atomic E-state index is -3.66. The van der Waals surface area contributed by atoms with Gasteiger partial charge in [-0.1, -0.05) is 0 Å². The molecule has 18 heavy (non-hydrogen) atoms. The Kier molecular flexibility index (Phi) is 3.19. The Morgan fingerprint density at radius 3 is 2.67 bits per heavy atom. The first-order valence-corrected chi connectivity index (χ1v) is 6.63. The molecule has 2 aromatic rings. The highest BCUT2D eigenvalue weighted by Crippen LogP contribution is 2.23. The molecule has 0 spiro atoms. The van der Waals surface area contributed by atoms with Gasteiger partial charge in [-0.25, -0.2) is 4.98 Å². The lowest BCUT2D eigenvalue weighted by atomic mass is 10.4. The zero-order valence-electron chi connectivity index (χ0n) is 9.95. The molecule has 96 valence electrons. The number of hydrogen-bond donors (Lipinski definition) is 2. The highest BCUT2D eigenvalue weighted by molar-refractivity contribution is 7.92. The minimum Gasteiger partial charge on any atom is -0.361 e. The summed E-state index contributed by atoms with van der Waals surface area (Å²) in [6.45, 7) is 0. The van der Waals surface area contributed by atoms with E-state index in [0.717, 1.165) is 0 Å². The second-order valence-electron chi connectivity index (χ2n) is 3.80. The van der Waals surface area contributed by atoms with Crippen molar-refractivity contribution < 1.29 is 8.42 Å². The number of nitrogens with zero attached hydrogens (tertiary/aromatic N) is 3. The van der Waals surface area contributed by atoms with Crippen LogP contribution in [0.3, 0.4) is 0 Å². The Balaban J connectivity index is 2.36. The van der Waals surface area contributed by atoms with Gasteiger partial charge in [0.05, 0.1) is 11.9 Å². The van der Waals surface area contributed by atoms with E-state index < -0.39 is 10.0 Å². The van der Waals surface area contributed by atoms with Crippen molar-refractivity contribution >= 4 is 21.5 Å². The van der Waals surface area contributed by atoms with Crippen LogP contribution in [0.15, 0.2) is 35.6 Å². The van der Waals surface area contributed by atoms with Crippen LogP contribution in [0.1, 0.15) is 0 Å². The SMILES string of the molecule is CN(C)c1ncccc1NS(=O)(=O)c1ccn[nH]1. The summed E-state index contributed by atoms with van der Waals surface area (Å²) < 4.78 is 26.5. The quantitative estimate of drug-likeness (QED) is 0.849. The maximum atomic E-state index is 12.0. The van der Waals surface area contributed by atoms with Crippen LogP contribution in [0.5, 0.6) is 0 Å². The summed E-state index contributed by atoms with van der Waals surface area (Å²) in [4.78, 5) is 5.84. The van der Waals surface area contributed by atoms with E-state index in [-0.39, 0.29) is 5.03 Å². The molecule has 2 heterocycles. The molecule has 2 N–H and O–H groups in total. The van der Waals surface area contributed by atoms with E-state index in [9.17, 15) is 8.42 Å². The van der Waals surface area contributed by atoms with Gasteiger partial charge < -0.3 is 4.90 Å². The normalized spacial score (nSPS) is 11.2. The molecule has 0 aliphatic heterocycles. The van der Waals surface area contributed by atoms with Crippen LogP contribution >= 0.6 is 0 Å². The van der Waals surface area contributed by atoms with Crippen LogP contribution in [0, 0.1) is 0 Å². The first-order valence-electron chi connectivity index (χ1n) is 5.15.